The summed E-state index contributed by atoms with van der Waals surface area (Å²) in [7, 11) is 1.87. The molecule has 0 saturated carbocycles. The van der Waals surface area contributed by atoms with Crippen LogP contribution < -0.4 is 5.32 Å². The predicted molar refractivity (Wildman–Crippen MR) is 95.4 cm³/mol. The monoisotopic (exact) mass is 346 g/mol. The highest BCUT2D eigenvalue weighted by Crippen LogP contribution is 2.22. The van der Waals surface area contributed by atoms with E-state index >= 15 is 0 Å². The molecular weight excluding hydrogens is 331 g/mol. The Kier molecular flexibility index (Phi) is 4.60. The molecule has 1 N–H and O–H groups in total. The van der Waals surface area contributed by atoms with Crippen LogP contribution in [0.15, 0.2) is 48.5 Å². The van der Waals surface area contributed by atoms with Gasteiger partial charge in [0.25, 0.3) is 5.91 Å². The Labute approximate surface area is 144 Å². The van der Waals surface area contributed by atoms with Crippen LogP contribution >= 0.6 is 23.2 Å². The van der Waals surface area contributed by atoms with Crippen LogP contribution in [0.25, 0.3) is 10.9 Å². The van der Waals surface area contributed by atoms with E-state index < -0.39 is 0 Å². The fourth-order valence-corrected chi connectivity index (χ4v) is 2.88. The van der Waals surface area contributed by atoms with Crippen LogP contribution in [0.4, 0.5) is 0 Å². The fraction of sp³-hybridized carbons (Fsp3) is 0.167. The molecule has 118 valence electrons. The van der Waals surface area contributed by atoms with Gasteiger partial charge >= 0.3 is 0 Å². The van der Waals surface area contributed by atoms with E-state index in [1.54, 1.807) is 0 Å². The standard InChI is InChI=1S/C18H16Cl2N2O/c1-22-16-11-15(20)7-4-13(16)10-17(22)18(23)21-9-8-12-2-5-14(19)6-3-12/h2-7,10-11H,8-9H2,1H3,(H,21,23). The van der Waals surface area contributed by atoms with Crippen molar-refractivity contribution in [2.45, 2.75) is 6.42 Å². The van der Waals surface area contributed by atoms with Crippen molar-refractivity contribution < 1.29 is 4.79 Å². The third-order valence-electron chi connectivity index (χ3n) is 3.85. The summed E-state index contributed by atoms with van der Waals surface area (Å²) in [5.74, 6) is -0.0891. The van der Waals surface area contributed by atoms with Gasteiger partial charge in [0.1, 0.15) is 5.69 Å². The minimum atomic E-state index is -0.0891. The molecule has 3 nitrogen and oxygen atoms in total. The molecule has 1 aromatic heterocycles. The molecule has 3 rings (SSSR count). The van der Waals surface area contributed by atoms with Crippen molar-refractivity contribution in [1.29, 1.82) is 0 Å². The number of halogens is 2. The lowest BCUT2D eigenvalue weighted by atomic mass is 10.1. The smallest absolute Gasteiger partial charge is 0.267 e. The summed E-state index contributed by atoms with van der Waals surface area (Å²) in [6, 6.07) is 15.1. The zero-order chi connectivity index (χ0) is 16.4. The van der Waals surface area contributed by atoms with Crippen molar-refractivity contribution in [3.63, 3.8) is 0 Å². The minimum Gasteiger partial charge on any atom is -0.350 e. The molecule has 0 saturated heterocycles. The van der Waals surface area contributed by atoms with Crippen LogP contribution in [0.2, 0.25) is 10.0 Å². The highest BCUT2D eigenvalue weighted by molar-refractivity contribution is 6.31. The Morgan fingerprint density at radius 3 is 2.48 bits per heavy atom. The number of fused-ring (bicyclic) bond motifs is 1. The largest absolute Gasteiger partial charge is 0.350 e. The van der Waals surface area contributed by atoms with Gasteiger partial charge < -0.3 is 9.88 Å². The van der Waals surface area contributed by atoms with Gasteiger partial charge in [-0.05, 0) is 42.3 Å². The fourth-order valence-electron chi connectivity index (χ4n) is 2.58. The van der Waals surface area contributed by atoms with Crippen molar-refractivity contribution in [1.82, 2.24) is 9.88 Å². The molecule has 2 aromatic carbocycles. The molecule has 23 heavy (non-hydrogen) atoms. The molecule has 0 spiro atoms. The molecule has 0 aliphatic carbocycles. The van der Waals surface area contributed by atoms with E-state index in [-0.39, 0.29) is 5.91 Å². The Morgan fingerprint density at radius 2 is 1.74 bits per heavy atom. The third kappa shape index (κ3) is 3.52. The number of hydrogen-bond donors (Lipinski definition) is 1. The number of benzene rings is 2. The van der Waals surface area contributed by atoms with Gasteiger partial charge in [-0.3, -0.25) is 4.79 Å². The van der Waals surface area contributed by atoms with Crippen molar-refractivity contribution in [3.8, 4) is 0 Å². The Morgan fingerprint density at radius 1 is 1.04 bits per heavy atom. The van der Waals surface area contributed by atoms with Gasteiger partial charge in [0.05, 0.1) is 0 Å². The van der Waals surface area contributed by atoms with Crippen molar-refractivity contribution >= 4 is 40.0 Å². The van der Waals surface area contributed by atoms with Gasteiger partial charge in [-0.15, -0.1) is 0 Å². The van der Waals surface area contributed by atoms with E-state index in [9.17, 15) is 4.79 Å². The first-order valence-electron chi connectivity index (χ1n) is 7.32. The molecule has 1 heterocycles. The van der Waals surface area contributed by atoms with Gasteiger partial charge in [-0.2, -0.15) is 0 Å². The average Bonchev–Trinajstić information content (AvgIpc) is 2.86. The summed E-state index contributed by atoms with van der Waals surface area (Å²) in [6.07, 6.45) is 0.763. The Balaban J connectivity index is 1.68. The average molecular weight is 347 g/mol. The molecule has 0 aliphatic heterocycles. The zero-order valence-corrected chi connectivity index (χ0v) is 14.2. The second kappa shape index (κ2) is 6.65. The number of hydrogen-bond acceptors (Lipinski definition) is 1. The van der Waals surface area contributed by atoms with Gasteiger partial charge in [-0.25, -0.2) is 0 Å². The van der Waals surface area contributed by atoms with Crippen molar-refractivity contribution in [2.24, 2.45) is 7.05 Å². The van der Waals surface area contributed by atoms with Crippen LogP contribution in [0.5, 0.6) is 0 Å². The van der Waals surface area contributed by atoms with Gasteiger partial charge in [0.15, 0.2) is 0 Å². The summed E-state index contributed by atoms with van der Waals surface area (Å²) < 4.78 is 1.86. The summed E-state index contributed by atoms with van der Waals surface area (Å²) >= 11 is 11.9. The molecule has 0 radical (unpaired) electrons. The highest BCUT2D eigenvalue weighted by atomic mass is 35.5. The van der Waals surface area contributed by atoms with E-state index in [2.05, 4.69) is 5.32 Å². The first-order chi connectivity index (χ1) is 11.0. The first-order valence-corrected chi connectivity index (χ1v) is 8.08. The lowest BCUT2D eigenvalue weighted by Crippen LogP contribution is -2.27. The quantitative estimate of drug-likeness (QED) is 0.743. The van der Waals surface area contributed by atoms with Crippen molar-refractivity contribution in [2.75, 3.05) is 6.54 Å². The minimum absolute atomic E-state index is 0.0891. The predicted octanol–water partition coefficient (Wildman–Crippen LogP) is 4.46. The molecule has 0 unspecified atom stereocenters. The van der Waals surface area contributed by atoms with Gasteiger partial charge in [-0.1, -0.05) is 41.4 Å². The maximum Gasteiger partial charge on any atom is 0.267 e. The number of nitrogens with zero attached hydrogens (tertiary/aromatic N) is 1. The molecule has 1 amide bonds. The van der Waals surface area contributed by atoms with Gasteiger partial charge in [0.2, 0.25) is 0 Å². The number of carbonyl (C=O) groups is 1. The van der Waals surface area contributed by atoms with Crippen LogP contribution in [-0.4, -0.2) is 17.0 Å². The number of aromatic nitrogens is 1. The number of aryl methyl sites for hydroxylation is 1. The van der Waals surface area contributed by atoms with E-state index in [0.717, 1.165) is 22.9 Å². The molecule has 3 aromatic rings. The Bertz CT molecular complexity index is 853. The van der Waals surface area contributed by atoms with Crippen LogP contribution in [0.3, 0.4) is 0 Å². The zero-order valence-electron chi connectivity index (χ0n) is 12.6. The normalized spacial score (nSPS) is 10.9. The maximum atomic E-state index is 12.4. The van der Waals surface area contributed by atoms with E-state index in [0.29, 0.717) is 22.3 Å². The topological polar surface area (TPSA) is 34.0 Å². The summed E-state index contributed by atoms with van der Waals surface area (Å²) in [4.78, 5) is 12.4. The highest BCUT2D eigenvalue weighted by Gasteiger charge is 2.13. The molecule has 0 fully saturated rings. The maximum absolute atomic E-state index is 12.4. The molecular formula is C18H16Cl2N2O. The van der Waals surface area contributed by atoms with Crippen molar-refractivity contribution in [3.05, 3.63) is 69.8 Å². The number of amides is 1. The second-order valence-corrected chi connectivity index (χ2v) is 6.30. The molecule has 0 atom stereocenters. The summed E-state index contributed by atoms with van der Waals surface area (Å²) in [5, 5.41) is 5.33. The van der Waals surface area contributed by atoms with E-state index in [1.807, 2.05) is 60.1 Å². The SMILES string of the molecule is Cn1c(C(=O)NCCc2ccc(Cl)cc2)cc2ccc(Cl)cc21. The number of rotatable bonds is 4. The third-order valence-corrected chi connectivity index (χ3v) is 4.34. The molecule has 0 aliphatic rings. The lowest BCUT2D eigenvalue weighted by Gasteiger charge is -2.07. The van der Waals surface area contributed by atoms with Crippen LogP contribution in [0, 0.1) is 0 Å². The van der Waals surface area contributed by atoms with E-state index in [4.69, 9.17) is 23.2 Å². The van der Waals surface area contributed by atoms with Gasteiger partial charge in [0, 0.05) is 34.5 Å². The number of nitrogens with one attached hydrogen (secondary N) is 1. The van der Waals surface area contributed by atoms with Crippen LogP contribution in [0.1, 0.15) is 16.1 Å². The molecule has 0 bridgehead atoms. The Hall–Kier alpha value is -1.97. The second-order valence-electron chi connectivity index (χ2n) is 5.42. The molecule has 5 heteroatoms. The number of carbonyl (C=O) groups excluding carboxylic acids is 1. The summed E-state index contributed by atoms with van der Waals surface area (Å²) in [5.41, 5.74) is 2.71. The van der Waals surface area contributed by atoms with E-state index in [1.165, 1.54) is 0 Å². The first kappa shape index (κ1) is 15.9. The lowest BCUT2D eigenvalue weighted by molar-refractivity contribution is 0.0946. The summed E-state index contributed by atoms with van der Waals surface area (Å²) in [6.45, 7) is 0.572. The van der Waals surface area contributed by atoms with Crippen LogP contribution in [-0.2, 0) is 13.5 Å².